The Bertz CT molecular complexity index is 570. The highest BCUT2D eigenvalue weighted by Gasteiger charge is 2.21. The minimum Gasteiger partial charge on any atom is -0.353 e. The summed E-state index contributed by atoms with van der Waals surface area (Å²) in [5.41, 5.74) is 3.69. The predicted molar refractivity (Wildman–Crippen MR) is 83.2 cm³/mol. The summed E-state index contributed by atoms with van der Waals surface area (Å²) in [6, 6.07) is 5.89. The van der Waals surface area contributed by atoms with E-state index in [4.69, 9.17) is 0 Å². The molecule has 0 saturated heterocycles. The molecule has 1 aromatic carbocycles. The molecule has 0 radical (unpaired) electrons. The number of aryl methyl sites for hydroxylation is 2. The van der Waals surface area contributed by atoms with Gasteiger partial charge in [-0.3, -0.25) is 9.59 Å². The molecule has 0 spiro atoms. The number of rotatable bonds is 3. The van der Waals surface area contributed by atoms with E-state index in [-0.39, 0.29) is 11.8 Å². The Morgan fingerprint density at radius 2 is 1.86 bits per heavy atom. The Morgan fingerprint density at radius 3 is 2.38 bits per heavy atom. The molecule has 0 aliphatic carbocycles. The fourth-order valence-electron chi connectivity index (χ4n) is 2.61. The molecule has 0 aromatic heterocycles. The number of hydrogen-bond donors (Lipinski definition) is 1. The average molecular weight is 286 g/mol. The van der Waals surface area contributed by atoms with Gasteiger partial charge in [-0.15, -0.1) is 0 Å². The molecule has 112 valence electrons. The van der Waals surface area contributed by atoms with Crippen LogP contribution in [0.25, 0.3) is 0 Å². The van der Waals surface area contributed by atoms with Gasteiger partial charge in [-0.05, 0) is 39.3 Å². The summed E-state index contributed by atoms with van der Waals surface area (Å²) < 4.78 is 0. The Kier molecular flexibility index (Phi) is 4.78. The molecule has 1 N–H and O–H groups in total. The molecule has 21 heavy (non-hydrogen) atoms. The standard InChI is InChI=1S/C17H22N2O2/c1-4-18-16(20)14-5-7-19(8-6-14)17(21)15-10-12(2)9-13(3)11-15/h5,9-11H,4,6-8H2,1-3H3,(H,18,20). The van der Waals surface area contributed by atoms with Gasteiger partial charge in [0.15, 0.2) is 0 Å². The second kappa shape index (κ2) is 6.57. The van der Waals surface area contributed by atoms with Crippen LogP contribution in [0.15, 0.2) is 29.8 Å². The van der Waals surface area contributed by atoms with Gasteiger partial charge in [0, 0.05) is 30.8 Å². The molecule has 1 aliphatic heterocycles. The Morgan fingerprint density at radius 1 is 1.19 bits per heavy atom. The molecule has 4 heteroatoms. The van der Waals surface area contributed by atoms with Crippen LogP contribution in [-0.4, -0.2) is 36.3 Å². The van der Waals surface area contributed by atoms with Gasteiger partial charge in [0.2, 0.25) is 5.91 Å². The van der Waals surface area contributed by atoms with Gasteiger partial charge in [-0.1, -0.05) is 23.3 Å². The number of benzene rings is 1. The lowest BCUT2D eigenvalue weighted by Gasteiger charge is -2.26. The number of likely N-dealkylation sites (N-methyl/N-ethyl adjacent to an activating group) is 1. The maximum absolute atomic E-state index is 12.5. The van der Waals surface area contributed by atoms with Crippen LogP contribution in [0.2, 0.25) is 0 Å². The van der Waals surface area contributed by atoms with E-state index in [1.54, 1.807) is 4.90 Å². The van der Waals surface area contributed by atoms with Crippen LogP contribution < -0.4 is 5.32 Å². The van der Waals surface area contributed by atoms with Crippen LogP contribution in [0.4, 0.5) is 0 Å². The molecule has 0 saturated carbocycles. The molecule has 4 nitrogen and oxygen atoms in total. The lowest BCUT2D eigenvalue weighted by Crippen LogP contribution is -2.37. The molecular weight excluding hydrogens is 264 g/mol. The lowest BCUT2D eigenvalue weighted by atomic mass is 10.0. The Labute approximate surface area is 125 Å². The zero-order valence-corrected chi connectivity index (χ0v) is 12.9. The lowest BCUT2D eigenvalue weighted by molar-refractivity contribution is -0.117. The van der Waals surface area contributed by atoms with E-state index < -0.39 is 0 Å². The average Bonchev–Trinajstić information content (AvgIpc) is 2.46. The predicted octanol–water partition coefficient (Wildman–Crippen LogP) is 2.21. The number of nitrogens with one attached hydrogen (secondary N) is 1. The highest BCUT2D eigenvalue weighted by molar-refractivity contribution is 5.96. The largest absolute Gasteiger partial charge is 0.353 e. The second-order valence-electron chi connectivity index (χ2n) is 5.47. The highest BCUT2D eigenvalue weighted by atomic mass is 16.2. The minimum atomic E-state index is -0.0176. The molecule has 1 aromatic rings. The van der Waals surface area contributed by atoms with Crippen molar-refractivity contribution in [2.45, 2.75) is 27.2 Å². The van der Waals surface area contributed by atoms with Crippen molar-refractivity contribution in [3.8, 4) is 0 Å². The number of carbonyl (C=O) groups is 2. The van der Waals surface area contributed by atoms with Crippen molar-refractivity contribution < 1.29 is 9.59 Å². The van der Waals surface area contributed by atoms with E-state index in [0.717, 1.165) is 22.3 Å². The fraction of sp³-hybridized carbons (Fsp3) is 0.412. The third-order valence-electron chi connectivity index (χ3n) is 3.59. The molecule has 0 unspecified atom stereocenters. The van der Waals surface area contributed by atoms with Gasteiger partial charge in [-0.2, -0.15) is 0 Å². The maximum atomic E-state index is 12.5. The first kappa shape index (κ1) is 15.3. The first-order valence-corrected chi connectivity index (χ1v) is 7.36. The van der Waals surface area contributed by atoms with Crippen molar-refractivity contribution >= 4 is 11.8 Å². The van der Waals surface area contributed by atoms with E-state index in [0.29, 0.717) is 26.1 Å². The van der Waals surface area contributed by atoms with Crippen molar-refractivity contribution in [3.05, 3.63) is 46.5 Å². The van der Waals surface area contributed by atoms with Gasteiger partial charge < -0.3 is 10.2 Å². The van der Waals surface area contributed by atoms with Crippen molar-refractivity contribution in [2.75, 3.05) is 19.6 Å². The van der Waals surface area contributed by atoms with Crippen LogP contribution >= 0.6 is 0 Å². The summed E-state index contributed by atoms with van der Waals surface area (Å²) in [6.07, 6.45) is 2.47. The second-order valence-corrected chi connectivity index (χ2v) is 5.47. The van der Waals surface area contributed by atoms with Crippen LogP contribution in [0.5, 0.6) is 0 Å². The minimum absolute atomic E-state index is 0.0176. The van der Waals surface area contributed by atoms with Gasteiger partial charge in [-0.25, -0.2) is 0 Å². The molecule has 2 rings (SSSR count). The maximum Gasteiger partial charge on any atom is 0.254 e. The van der Waals surface area contributed by atoms with Gasteiger partial charge in [0.25, 0.3) is 5.91 Å². The van der Waals surface area contributed by atoms with E-state index in [1.807, 2.05) is 39.0 Å². The first-order valence-electron chi connectivity index (χ1n) is 7.36. The fourth-order valence-corrected chi connectivity index (χ4v) is 2.61. The van der Waals surface area contributed by atoms with Crippen molar-refractivity contribution in [1.29, 1.82) is 0 Å². The molecule has 0 fully saturated rings. The highest BCUT2D eigenvalue weighted by Crippen LogP contribution is 2.16. The van der Waals surface area contributed by atoms with E-state index in [1.165, 1.54) is 0 Å². The smallest absolute Gasteiger partial charge is 0.254 e. The normalized spacial score (nSPS) is 14.6. The van der Waals surface area contributed by atoms with Crippen molar-refractivity contribution in [2.24, 2.45) is 0 Å². The SMILES string of the molecule is CCNC(=O)C1=CCN(C(=O)c2cc(C)cc(C)c2)CC1. The number of carbonyl (C=O) groups excluding carboxylic acids is 2. The van der Waals surface area contributed by atoms with Gasteiger partial charge in [0.05, 0.1) is 0 Å². The molecule has 0 atom stereocenters. The quantitative estimate of drug-likeness (QED) is 0.926. The van der Waals surface area contributed by atoms with Crippen LogP contribution in [0.3, 0.4) is 0 Å². The summed E-state index contributed by atoms with van der Waals surface area (Å²) in [4.78, 5) is 26.0. The number of nitrogens with zero attached hydrogens (tertiary/aromatic N) is 1. The summed E-state index contributed by atoms with van der Waals surface area (Å²) in [5.74, 6) is 0.0176. The van der Waals surface area contributed by atoms with Gasteiger partial charge >= 0.3 is 0 Å². The first-order chi connectivity index (χ1) is 10.0. The van der Waals surface area contributed by atoms with E-state index in [9.17, 15) is 9.59 Å². The summed E-state index contributed by atoms with van der Waals surface area (Å²) in [7, 11) is 0. The summed E-state index contributed by atoms with van der Waals surface area (Å²) in [5, 5.41) is 2.80. The van der Waals surface area contributed by atoms with E-state index in [2.05, 4.69) is 11.4 Å². The molecule has 1 aliphatic rings. The van der Waals surface area contributed by atoms with Crippen LogP contribution in [0.1, 0.15) is 34.8 Å². The molecular formula is C17H22N2O2. The number of amides is 2. The molecule has 1 heterocycles. The monoisotopic (exact) mass is 286 g/mol. The zero-order chi connectivity index (χ0) is 15.4. The third kappa shape index (κ3) is 3.72. The van der Waals surface area contributed by atoms with Crippen molar-refractivity contribution in [3.63, 3.8) is 0 Å². The summed E-state index contributed by atoms with van der Waals surface area (Å²) >= 11 is 0. The van der Waals surface area contributed by atoms with E-state index >= 15 is 0 Å². The third-order valence-corrected chi connectivity index (χ3v) is 3.59. The molecule has 0 bridgehead atoms. The van der Waals surface area contributed by atoms with Crippen LogP contribution in [0, 0.1) is 13.8 Å². The zero-order valence-electron chi connectivity index (χ0n) is 12.9. The topological polar surface area (TPSA) is 49.4 Å². The number of hydrogen-bond acceptors (Lipinski definition) is 2. The van der Waals surface area contributed by atoms with Crippen LogP contribution in [-0.2, 0) is 4.79 Å². The summed E-state index contributed by atoms with van der Waals surface area (Å²) in [6.45, 7) is 7.60. The van der Waals surface area contributed by atoms with Gasteiger partial charge in [0.1, 0.15) is 0 Å². The Hall–Kier alpha value is -2.10. The Balaban J connectivity index is 2.07. The van der Waals surface area contributed by atoms with Crippen molar-refractivity contribution in [1.82, 2.24) is 10.2 Å². The molecule has 2 amide bonds.